The Morgan fingerprint density at radius 3 is 2.53 bits per heavy atom. The minimum atomic E-state index is 0.0589. The van der Waals surface area contributed by atoms with Gasteiger partial charge in [0, 0.05) is 58.1 Å². The number of β-amino-alcohol motifs (C(OH)–C–C–N with tert-alkyl or cyclic N) is 1. The summed E-state index contributed by atoms with van der Waals surface area (Å²) in [6.07, 6.45) is 4.39. The minimum absolute atomic E-state index is 0.0589. The van der Waals surface area contributed by atoms with E-state index in [1.165, 1.54) is 0 Å². The molecule has 5 N–H and O–H groups in total. The number of aryl methyl sites for hydroxylation is 1. The normalized spacial score (nSPS) is 15.7. The first-order valence-electron chi connectivity index (χ1n) is 13.4. The van der Waals surface area contributed by atoms with Crippen LogP contribution in [0.15, 0.2) is 12.3 Å². The highest BCUT2D eigenvalue weighted by Gasteiger charge is 2.21. The van der Waals surface area contributed by atoms with Gasteiger partial charge < -0.3 is 26.0 Å². The van der Waals surface area contributed by atoms with Crippen LogP contribution in [-0.4, -0.2) is 104 Å². The van der Waals surface area contributed by atoms with Crippen molar-refractivity contribution in [3.63, 3.8) is 0 Å². The zero-order valence-corrected chi connectivity index (χ0v) is 22.7. The van der Waals surface area contributed by atoms with Gasteiger partial charge in [-0.05, 0) is 31.4 Å². The topological polar surface area (TPSA) is 151 Å². The van der Waals surface area contributed by atoms with Gasteiger partial charge in [0.05, 0.1) is 26.0 Å². The quantitative estimate of drug-likeness (QED) is 0.254. The Hall–Kier alpha value is -3.06. The highest BCUT2D eigenvalue weighted by atomic mass is 16.5. The van der Waals surface area contributed by atoms with Crippen molar-refractivity contribution in [1.82, 2.24) is 34.5 Å². The molecule has 1 atom stereocenters. The summed E-state index contributed by atoms with van der Waals surface area (Å²) in [6, 6.07) is 2.11. The van der Waals surface area contributed by atoms with Crippen molar-refractivity contribution in [2.75, 3.05) is 64.1 Å². The first-order chi connectivity index (χ1) is 18.4. The maximum atomic E-state index is 9.53. The lowest BCUT2D eigenvalue weighted by molar-refractivity contribution is 0.108. The fourth-order valence-corrected chi connectivity index (χ4v) is 5.06. The maximum Gasteiger partial charge on any atom is 0.222 e. The molecule has 0 saturated carbocycles. The zero-order valence-electron chi connectivity index (χ0n) is 22.7. The zero-order chi connectivity index (χ0) is 27.1. The number of piperazine rings is 1. The number of hydrogen-bond donors (Lipinski definition) is 4. The number of aliphatic hydroxyl groups is 2. The Labute approximate surface area is 223 Å². The van der Waals surface area contributed by atoms with E-state index in [0.717, 1.165) is 74.6 Å². The van der Waals surface area contributed by atoms with Crippen LogP contribution in [0.2, 0.25) is 0 Å². The van der Waals surface area contributed by atoms with Crippen LogP contribution in [0.4, 0.5) is 11.8 Å². The number of nitrogens with one attached hydrogen (secondary N) is 1. The summed E-state index contributed by atoms with van der Waals surface area (Å²) in [5, 5.41) is 26.9. The number of fused-ring (bicyclic) bond motifs is 1. The van der Waals surface area contributed by atoms with Gasteiger partial charge in [0.2, 0.25) is 5.95 Å². The van der Waals surface area contributed by atoms with E-state index >= 15 is 0 Å². The molecule has 3 aromatic heterocycles. The smallest absolute Gasteiger partial charge is 0.222 e. The Kier molecular flexibility index (Phi) is 9.67. The third-order valence-electron chi connectivity index (χ3n) is 7.02. The molecule has 12 heteroatoms. The number of aliphatic hydroxyl groups excluding tert-OH is 2. The second-order valence-corrected chi connectivity index (χ2v) is 9.85. The second-order valence-electron chi connectivity index (χ2n) is 9.85. The maximum absolute atomic E-state index is 9.53. The van der Waals surface area contributed by atoms with Gasteiger partial charge in [-0.1, -0.05) is 13.3 Å². The molecule has 0 spiro atoms. The van der Waals surface area contributed by atoms with Gasteiger partial charge in [-0.2, -0.15) is 10.1 Å². The summed E-state index contributed by atoms with van der Waals surface area (Å²) in [7, 11) is 1.66. The molecular weight excluding hydrogens is 486 g/mol. The van der Waals surface area contributed by atoms with Gasteiger partial charge in [0.1, 0.15) is 22.5 Å². The summed E-state index contributed by atoms with van der Waals surface area (Å²) in [4.78, 5) is 18.4. The first kappa shape index (κ1) is 28.0. The number of nitrogens with zero attached hydrogens (tertiary/aromatic N) is 7. The summed E-state index contributed by atoms with van der Waals surface area (Å²) >= 11 is 0. The monoisotopic (exact) mass is 527 g/mol. The van der Waals surface area contributed by atoms with Gasteiger partial charge in [-0.3, -0.25) is 19.5 Å². The van der Waals surface area contributed by atoms with Crippen LogP contribution >= 0.6 is 0 Å². The van der Waals surface area contributed by atoms with Crippen molar-refractivity contribution >= 4 is 22.8 Å². The summed E-state index contributed by atoms with van der Waals surface area (Å²) < 4.78 is 7.59. The van der Waals surface area contributed by atoms with Gasteiger partial charge >= 0.3 is 0 Å². The molecule has 0 unspecified atom stereocenters. The van der Waals surface area contributed by atoms with Crippen molar-refractivity contribution < 1.29 is 14.9 Å². The molecular formula is C26H41N9O3. The van der Waals surface area contributed by atoms with Crippen LogP contribution in [0.3, 0.4) is 0 Å². The molecule has 4 rings (SSSR count). The molecule has 0 bridgehead atoms. The number of ether oxygens (including phenoxy) is 1. The minimum Gasteiger partial charge on any atom is -0.495 e. The molecule has 0 radical (unpaired) electrons. The van der Waals surface area contributed by atoms with Crippen LogP contribution in [-0.2, 0) is 13.1 Å². The van der Waals surface area contributed by atoms with Crippen molar-refractivity contribution in [2.24, 2.45) is 0 Å². The van der Waals surface area contributed by atoms with E-state index in [2.05, 4.69) is 32.0 Å². The van der Waals surface area contributed by atoms with E-state index in [1.807, 2.05) is 23.9 Å². The molecule has 0 aliphatic carbocycles. The number of nitrogen functional groups attached to an aromatic ring is 1. The molecule has 0 amide bonds. The lowest BCUT2D eigenvalue weighted by Crippen LogP contribution is -2.46. The van der Waals surface area contributed by atoms with Gasteiger partial charge in [-0.15, -0.1) is 0 Å². The van der Waals surface area contributed by atoms with Crippen LogP contribution in [0, 0.1) is 6.92 Å². The Bertz CT molecular complexity index is 1190. The Morgan fingerprint density at radius 1 is 1.08 bits per heavy atom. The van der Waals surface area contributed by atoms with E-state index in [9.17, 15) is 5.11 Å². The largest absolute Gasteiger partial charge is 0.495 e. The molecule has 208 valence electrons. The number of rotatable bonds is 13. The second kappa shape index (κ2) is 13.1. The Morgan fingerprint density at radius 2 is 1.84 bits per heavy atom. The standard InChI is InChI=1S/C26H41N9O3/c1-4-5-20(6-12-36)29-25-24-23(30-26(27)31-25)18(2)32-35(24)17-21-22(38-3)14-19(15-28-21)16-34-9-7-33(8-10-34)11-13-37/h14-15,20,36-37H,4-13,16-17H2,1-3H3,(H3,27,29,30,31)/t20-/m0/s1. The Balaban J connectivity index is 1.56. The first-order valence-corrected chi connectivity index (χ1v) is 13.4. The fourth-order valence-electron chi connectivity index (χ4n) is 5.06. The molecule has 38 heavy (non-hydrogen) atoms. The highest BCUT2D eigenvalue weighted by Crippen LogP contribution is 2.28. The molecule has 12 nitrogen and oxygen atoms in total. The van der Waals surface area contributed by atoms with Crippen molar-refractivity contribution in [1.29, 1.82) is 0 Å². The van der Waals surface area contributed by atoms with E-state index in [4.69, 9.17) is 25.7 Å². The van der Waals surface area contributed by atoms with Crippen molar-refractivity contribution in [3.8, 4) is 5.75 Å². The van der Waals surface area contributed by atoms with Gasteiger partial charge in [0.25, 0.3) is 0 Å². The number of aromatic nitrogens is 5. The number of nitrogens with two attached hydrogens (primary N) is 1. The molecule has 0 aromatic carbocycles. The molecule has 1 saturated heterocycles. The van der Waals surface area contributed by atoms with E-state index in [-0.39, 0.29) is 25.2 Å². The van der Waals surface area contributed by atoms with Crippen LogP contribution in [0.5, 0.6) is 5.75 Å². The van der Waals surface area contributed by atoms with Crippen LogP contribution in [0.25, 0.3) is 11.0 Å². The molecule has 3 aromatic rings. The molecule has 1 aliphatic rings. The predicted octanol–water partition coefficient (Wildman–Crippen LogP) is 1.24. The highest BCUT2D eigenvalue weighted by molar-refractivity contribution is 5.88. The average Bonchev–Trinajstić information content (AvgIpc) is 3.21. The molecule has 4 heterocycles. The summed E-state index contributed by atoms with van der Waals surface area (Å²) in [5.74, 6) is 1.49. The van der Waals surface area contributed by atoms with Gasteiger partial charge in [-0.25, -0.2) is 4.98 Å². The third-order valence-corrected chi connectivity index (χ3v) is 7.02. The number of pyridine rings is 1. The van der Waals surface area contributed by atoms with E-state index in [1.54, 1.807) is 7.11 Å². The van der Waals surface area contributed by atoms with E-state index < -0.39 is 0 Å². The van der Waals surface area contributed by atoms with Crippen LogP contribution < -0.4 is 15.8 Å². The van der Waals surface area contributed by atoms with Crippen molar-refractivity contribution in [3.05, 3.63) is 29.2 Å². The summed E-state index contributed by atoms with van der Waals surface area (Å²) in [5.41, 5.74) is 10.1. The predicted molar refractivity (Wildman–Crippen MR) is 147 cm³/mol. The number of hydrogen-bond acceptors (Lipinski definition) is 11. The molecule has 1 aliphatic heterocycles. The SMILES string of the molecule is CCC[C@@H](CCO)Nc1nc(N)nc2c(C)nn(Cc3ncc(CN4CCN(CCO)CC4)cc3OC)c12. The van der Waals surface area contributed by atoms with Crippen molar-refractivity contribution in [2.45, 2.75) is 52.2 Å². The summed E-state index contributed by atoms with van der Waals surface area (Å²) in [6.45, 7) is 10.0. The number of anilines is 2. The van der Waals surface area contributed by atoms with Crippen LogP contribution in [0.1, 0.15) is 43.1 Å². The average molecular weight is 528 g/mol. The lowest BCUT2D eigenvalue weighted by atomic mass is 10.1. The van der Waals surface area contributed by atoms with E-state index in [0.29, 0.717) is 30.0 Å². The molecule has 1 fully saturated rings. The fraction of sp³-hybridized carbons (Fsp3) is 0.615. The third kappa shape index (κ3) is 6.68. The van der Waals surface area contributed by atoms with Gasteiger partial charge in [0.15, 0.2) is 5.82 Å². The lowest BCUT2D eigenvalue weighted by Gasteiger charge is -2.34. The number of methoxy groups -OCH3 is 1.